The molecule has 1 saturated heterocycles. The molecule has 1 saturated carbocycles. The second kappa shape index (κ2) is 5.42. The van der Waals surface area contributed by atoms with Crippen molar-refractivity contribution in [3.05, 3.63) is 35.9 Å². The van der Waals surface area contributed by atoms with Crippen molar-refractivity contribution in [2.45, 2.75) is 36.4 Å². The fourth-order valence-corrected chi connectivity index (χ4v) is 2.39. The second-order valence-electron chi connectivity index (χ2n) is 5.41. The average Bonchev–Trinajstić information content (AvgIpc) is 3.35. The van der Waals surface area contributed by atoms with Gasteiger partial charge >= 0.3 is 12.5 Å². The number of epoxide rings is 1. The summed E-state index contributed by atoms with van der Waals surface area (Å²) in [6.07, 6.45) is -4.78. The third-order valence-electron chi connectivity index (χ3n) is 3.56. The number of rotatable bonds is 6. The standard InChI is InChI=1S/C15H13ClF4O2/c16-14(5-6-14)12(7-11-8-21-11)9-1-3-10(4-2-9)22-15(19,20)13(17)18/h1-4,7,11,13H,5-6,8H2. The molecule has 0 N–H and O–H groups in total. The van der Waals surface area contributed by atoms with Gasteiger partial charge in [0.15, 0.2) is 0 Å². The van der Waals surface area contributed by atoms with Gasteiger partial charge in [0.25, 0.3) is 0 Å². The van der Waals surface area contributed by atoms with Crippen molar-refractivity contribution in [1.29, 1.82) is 0 Å². The van der Waals surface area contributed by atoms with Gasteiger partial charge in [-0.3, -0.25) is 0 Å². The Morgan fingerprint density at radius 3 is 2.36 bits per heavy atom. The summed E-state index contributed by atoms with van der Waals surface area (Å²) in [5, 5.41) is 0. The molecule has 7 heteroatoms. The molecule has 0 bridgehead atoms. The quantitative estimate of drug-likeness (QED) is 0.434. The summed E-state index contributed by atoms with van der Waals surface area (Å²) in [5.74, 6) is -0.324. The fraction of sp³-hybridized carbons (Fsp3) is 0.467. The molecule has 1 atom stereocenters. The van der Waals surface area contributed by atoms with Gasteiger partial charge in [0, 0.05) is 0 Å². The first kappa shape index (κ1) is 15.6. The van der Waals surface area contributed by atoms with Crippen molar-refractivity contribution < 1.29 is 27.0 Å². The molecule has 0 radical (unpaired) electrons. The topological polar surface area (TPSA) is 21.8 Å². The minimum atomic E-state index is -4.51. The van der Waals surface area contributed by atoms with Crippen LogP contribution >= 0.6 is 11.6 Å². The molecule has 22 heavy (non-hydrogen) atoms. The Kier molecular flexibility index (Phi) is 3.85. The van der Waals surface area contributed by atoms with Crippen LogP contribution in [0.1, 0.15) is 18.4 Å². The molecule has 1 aromatic carbocycles. The molecule has 1 aliphatic carbocycles. The number of alkyl halides is 5. The number of ether oxygens (including phenoxy) is 2. The van der Waals surface area contributed by atoms with E-state index >= 15 is 0 Å². The van der Waals surface area contributed by atoms with Crippen LogP contribution in [0.2, 0.25) is 0 Å². The Hall–Kier alpha value is -1.27. The number of allylic oxidation sites excluding steroid dienone is 1. The van der Waals surface area contributed by atoms with Gasteiger partial charge in [-0.2, -0.15) is 17.6 Å². The Bertz CT molecular complexity index is 578. The molecule has 1 aromatic rings. The molecule has 0 aromatic heterocycles. The molecule has 1 aliphatic heterocycles. The maximum atomic E-state index is 12.8. The summed E-state index contributed by atoms with van der Waals surface area (Å²) >= 11 is 6.43. The molecule has 2 fully saturated rings. The zero-order valence-electron chi connectivity index (χ0n) is 11.4. The smallest absolute Gasteiger partial charge is 0.428 e. The Balaban J connectivity index is 1.78. The highest BCUT2D eigenvalue weighted by Gasteiger charge is 2.46. The predicted octanol–water partition coefficient (Wildman–Crippen LogP) is 4.48. The molecule has 0 spiro atoms. The molecule has 1 unspecified atom stereocenters. The largest absolute Gasteiger partial charge is 0.461 e. The monoisotopic (exact) mass is 336 g/mol. The van der Waals surface area contributed by atoms with Gasteiger partial charge in [0.2, 0.25) is 0 Å². The lowest BCUT2D eigenvalue weighted by atomic mass is 9.99. The first-order chi connectivity index (χ1) is 10.3. The van der Waals surface area contributed by atoms with Crippen molar-refractivity contribution in [3.8, 4) is 5.75 Å². The predicted molar refractivity (Wildman–Crippen MR) is 73.6 cm³/mol. The second-order valence-corrected chi connectivity index (χ2v) is 6.13. The summed E-state index contributed by atoms with van der Waals surface area (Å²) in [7, 11) is 0. The van der Waals surface area contributed by atoms with E-state index in [1.54, 1.807) is 0 Å². The van der Waals surface area contributed by atoms with Gasteiger partial charge < -0.3 is 9.47 Å². The van der Waals surface area contributed by atoms with E-state index in [2.05, 4.69) is 4.74 Å². The summed E-state index contributed by atoms with van der Waals surface area (Å²) < 4.78 is 59.1. The van der Waals surface area contributed by atoms with E-state index in [4.69, 9.17) is 16.3 Å². The molecule has 2 nitrogen and oxygen atoms in total. The van der Waals surface area contributed by atoms with Gasteiger partial charge in [0.05, 0.1) is 17.6 Å². The van der Waals surface area contributed by atoms with Crippen molar-refractivity contribution in [3.63, 3.8) is 0 Å². The highest BCUT2D eigenvalue weighted by atomic mass is 35.5. The van der Waals surface area contributed by atoms with Gasteiger partial charge in [-0.15, -0.1) is 11.6 Å². The third-order valence-corrected chi connectivity index (χ3v) is 4.14. The van der Waals surface area contributed by atoms with Crippen LogP contribution in [0.15, 0.2) is 30.3 Å². The maximum absolute atomic E-state index is 12.8. The summed E-state index contributed by atoms with van der Waals surface area (Å²) in [6.45, 7) is 0.637. The van der Waals surface area contributed by atoms with Crippen molar-refractivity contribution >= 4 is 17.2 Å². The van der Waals surface area contributed by atoms with Crippen molar-refractivity contribution in [2.75, 3.05) is 6.61 Å². The van der Waals surface area contributed by atoms with Crippen LogP contribution in [0.5, 0.6) is 5.75 Å². The Labute approximate surface area is 129 Å². The van der Waals surface area contributed by atoms with E-state index in [9.17, 15) is 17.6 Å². The number of halogens is 5. The zero-order valence-corrected chi connectivity index (χ0v) is 12.1. The van der Waals surface area contributed by atoms with Crippen LogP contribution in [-0.2, 0) is 4.74 Å². The summed E-state index contributed by atoms with van der Waals surface area (Å²) in [5.41, 5.74) is 1.62. The SMILES string of the molecule is FC(F)C(F)(F)Oc1ccc(C(=CC2CO2)C2(Cl)CC2)cc1. The van der Waals surface area contributed by atoms with Gasteiger partial charge in [-0.25, -0.2) is 0 Å². The van der Waals surface area contributed by atoms with Crippen LogP contribution in [0, 0.1) is 0 Å². The lowest BCUT2D eigenvalue weighted by Gasteiger charge is -2.18. The van der Waals surface area contributed by atoms with Crippen LogP contribution in [0.25, 0.3) is 5.57 Å². The molecule has 3 rings (SSSR count). The van der Waals surface area contributed by atoms with Crippen LogP contribution in [0.3, 0.4) is 0 Å². The first-order valence-corrected chi connectivity index (χ1v) is 7.16. The van der Waals surface area contributed by atoms with Crippen LogP contribution < -0.4 is 4.74 Å². The van der Waals surface area contributed by atoms with E-state index in [1.807, 2.05) is 6.08 Å². The lowest BCUT2D eigenvalue weighted by Crippen LogP contribution is -2.33. The minimum absolute atomic E-state index is 0.0327. The first-order valence-electron chi connectivity index (χ1n) is 6.78. The van der Waals surface area contributed by atoms with Crippen molar-refractivity contribution in [1.82, 2.24) is 0 Å². The van der Waals surface area contributed by atoms with E-state index in [-0.39, 0.29) is 11.9 Å². The van der Waals surface area contributed by atoms with E-state index in [0.29, 0.717) is 6.61 Å². The van der Waals surface area contributed by atoms with E-state index < -0.39 is 17.4 Å². The zero-order chi connectivity index (χ0) is 16.0. The molecular weight excluding hydrogens is 324 g/mol. The van der Waals surface area contributed by atoms with Crippen LogP contribution in [-0.4, -0.2) is 30.1 Å². The van der Waals surface area contributed by atoms with Crippen molar-refractivity contribution in [2.24, 2.45) is 0 Å². The summed E-state index contributed by atoms with van der Waals surface area (Å²) in [4.78, 5) is -0.443. The maximum Gasteiger partial charge on any atom is 0.461 e. The average molecular weight is 337 g/mol. The minimum Gasteiger partial charge on any atom is -0.428 e. The lowest BCUT2D eigenvalue weighted by molar-refractivity contribution is -0.253. The molecular formula is C15H13ClF4O2. The highest BCUT2D eigenvalue weighted by molar-refractivity contribution is 6.32. The summed E-state index contributed by atoms with van der Waals surface area (Å²) in [6, 6.07) is 5.53. The fourth-order valence-electron chi connectivity index (χ4n) is 2.13. The molecule has 2 aliphatic rings. The van der Waals surface area contributed by atoms with Crippen LogP contribution in [0.4, 0.5) is 17.6 Å². The molecule has 0 amide bonds. The normalized spacial score (nSPS) is 23.5. The number of hydrogen-bond acceptors (Lipinski definition) is 2. The molecule has 1 heterocycles. The van der Waals surface area contributed by atoms with Gasteiger partial charge in [-0.1, -0.05) is 12.1 Å². The van der Waals surface area contributed by atoms with E-state index in [0.717, 1.165) is 24.0 Å². The third kappa shape index (κ3) is 3.38. The number of benzene rings is 1. The number of hydrogen-bond donors (Lipinski definition) is 0. The van der Waals surface area contributed by atoms with E-state index in [1.165, 1.54) is 24.3 Å². The highest BCUT2D eigenvalue weighted by Crippen LogP contribution is 2.53. The Morgan fingerprint density at radius 1 is 1.32 bits per heavy atom. The molecule has 120 valence electrons. The van der Waals surface area contributed by atoms with Gasteiger partial charge in [0.1, 0.15) is 5.75 Å². The van der Waals surface area contributed by atoms with Gasteiger partial charge in [-0.05, 0) is 42.2 Å². The Morgan fingerprint density at radius 2 is 1.91 bits per heavy atom.